The molecule has 70 valence electrons. The van der Waals surface area contributed by atoms with Gasteiger partial charge >= 0.3 is 0 Å². The zero-order valence-electron chi connectivity index (χ0n) is 7.28. The Kier molecular flexibility index (Phi) is 2.59. The lowest BCUT2D eigenvalue weighted by Gasteiger charge is -2.05. The first-order valence-electron chi connectivity index (χ1n) is 3.73. The molecular weight excluding hydrogens is 168 g/mol. The number of nitrogens with one attached hydrogen (secondary N) is 1. The largest absolute Gasteiger partial charge is 0.507 e. The molecule has 0 aromatic heterocycles. The number of anilines is 1. The normalized spacial score (nSPS) is 11.3. The molecule has 13 heavy (non-hydrogen) atoms. The number of amidine groups is 1. The van der Waals surface area contributed by atoms with Crippen molar-refractivity contribution in [2.24, 2.45) is 16.7 Å². The third-order valence-corrected chi connectivity index (χ3v) is 1.70. The first kappa shape index (κ1) is 9.18. The van der Waals surface area contributed by atoms with E-state index in [4.69, 9.17) is 11.6 Å². The summed E-state index contributed by atoms with van der Waals surface area (Å²) in [5, 5.41) is 15.6. The quantitative estimate of drug-likeness (QED) is 0.223. The Morgan fingerprint density at radius 3 is 2.69 bits per heavy atom. The van der Waals surface area contributed by atoms with Crippen LogP contribution in [0.5, 0.6) is 5.75 Å². The van der Waals surface area contributed by atoms with Gasteiger partial charge in [0.15, 0.2) is 5.84 Å². The zero-order chi connectivity index (χ0) is 9.84. The molecule has 0 unspecified atom stereocenters. The molecule has 1 rings (SSSR count). The fourth-order valence-electron chi connectivity index (χ4n) is 0.973. The Morgan fingerprint density at radius 2 is 2.23 bits per heavy atom. The molecular formula is C8H12N4O. The van der Waals surface area contributed by atoms with Crippen LogP contribution < -0.4 is 16.9 Å². The van der Waals surface area contributed by atoms with Gasteiger partial charge in [-0.15, -0.1) is 0 Å². The van der Waals surface area contributed by atoms with Crippen molar-refractivity contribution in [2.75, 3.05) is 12.4 Å². The molecule has 1 aromatic carbocycles. The first-order valence-corrected chi connectivity index (χ1v) is 3.73. The molecule has 0 aliphatic carbocycles. The van der Waals surface area contributed by atoms with Gasteiger partial charge in [-0.2, -0.15) is 5.10 Å². The molecule has 0 bridgehead atoms. The van der Waals surface area contributed by atoms with E-state index in [1.807, 2.05) is 0 Å². The number of aromatic hydroxyl groups is 1. The minimum Gasteiger partial charge on any atom is -0.507 e. The summed E-state index contributed by atoms with van der Waals surface area (Å²) in [6, 6.07) is 4.97. The second-order valence-electron chi connectivity index (χ2n) is 2.50. The standard InChI is InChI=1S/C8H12N4O/c1-11-5-2-3-6(7(13)4-5)8(9)12-10/h2-4,11,13H,10H2,1H3,(H2,9,12). The van der Waals surface area contributed by atoms with E-state index in [-0.39, 0.29) is 11.6 Å². The number of nitrogens with two attached hydrogens (primary N) is 2. The van der Waals surface area contributed by atoms with Crippen LogP contribution in [-0.4, -0.2) is 18.0 Å². The Morgan fingerprint density at radius 1 is 1.54 bits per heavy atom. The minimum absolute atomic E-state index is 0.0542. The van der Waals surface area contributed by atoms with E-state index in [9.17, 15) is 5.11 Å². The maximum atomic E-state index is 9.47. The molecule has 0 radical (unpaired) electrons. The van der Waals surface area contributed by atoms with Crippen LogP contribution in [0.3, 0.4) is 0 Å². The van der Waals surface area contributed by atoms with Crippen LogP contribution in [0.15, 0.2) is 23.3 Å². The van der Waals surface area contributed by atoms with Gasteiger partial charge in [-0.1, -0.05) is 0 Å². The number of benzene rings is 1. The van der Waals surface area contributed by atoms with Gasteiger partial charge < -0.3 is 22.0 Å². The van der Waals surface area contributed by atoms with Crippen LogP contribution in [0.2, 0.25) is 0 Å². The van der Waals surface area contributed by atoms with Crippen molar-refractivity contribution in [3.8, 4) is 5.75 Å². The molecule has 0 aliphatic heterocycles. The number of phenolic OH excluding ortho intramolecular Hbond substituents is 1. The van der Waals surface area contributed by atoms with Gasteiger partial charge in [0.05, 0.1) is 5.56 Å². The van der Waals surface area contributed by atoms with E-state index in [0.717, 1.165) is 5.69 Å². The monoisotopic (exact) mass is 180 g/mol. The summed E-state index contributed by atoms with van der Waals surface area (Å²) in [6.45, 7) is 0. The molecule has 0 amide bonds. The third kappa shape index (κ3) is 1.81. The van der Waals surface area contributed by atoms with Gasteiger partial charge in [-0.05, 0) is 12.1 Å². The molecule has 5 heteroatoms. The van der Waals surface area contributed by atoms with Gasteiger partial charge in [-0.25, -0.2) is 0 Å². The number of rotatable bonds is 2. The van der Waals surface area contributed by atoms with E-state index in [0.29, 0.717) is 5.56 Å². The van der Waals surface area contributed by atoms with Crippen LogP contribution in [0.1, 0.15) is 5.56 Å². The van der Waals surface area contributed by atoms with Gasteiger partial charge in [-0.3, -0.25) is 0 Å². The predicted octanol–water partition coefficient (Wildman–Crippen LogP) is 0.0129. The van der Waals surface area contributed by atoms with Gasteiger partial charge in [0.2, 0.25) is 0 Å². The predicted molar refractivity (Wildman–Crippen MR) is 52.6 cm³/mol. The number of phenols is 1. The molecule has 0 spiro atoms. The molecule has 0 aliphatic rings. The van der Waals surface area contributed by atoms with Crippen molar-refractivity contribution in [3.05, 3.63) is 23.8 Å². The average Bonchev–Trinajstić information content (AvgIpc) is 2.16. The van der Waals surface area contributed by atoms with Gasteiger partial charge in [0, 0.05) is 18.8 Å². The van der Waals surface area contributed by atoms with Crippen LogP contribution in [0.4, 0.5) is 5.69 Å². The summed E-state index contributed by atoms with van der Waals surface area (Å²) in [5.74, 6) is 5.15. The van der Waals surface area contributed by atoms with Crippen LogP contribution in [0.25, 0.3) is 0 Å². The Balaban J connectivity index is 3.12. The van der Waals surface area contributed by atoms with Crippen LogP contribution >= 0.6 is 0 Å². The van der Waals surface area contributed by atoms with E-state index in [1.165, 1.54) is 0 Å². The third-order valence-electron chi connectivity index (χ3n) is 1.70. The highest BCUT2D eigenvalue weighted by Gasteiger charge is 2.05. The summed E-state index contributed by atoms with van der Waals surface area (Å²) < 4.78 is 0. The maximum absolute atomic E-state index is 9.47. The SMILES string of the molecule is CNc1ccc(/C(N)=N/N)c(O)c1. The van der Waals surface area contributed by atoms with Crippen molar-refractivity contribution in [2.45, 2.75) is 0 Å². The molecule has 6 N–H and O–H groups in total. The summed E-state index contributed by atoms with van der Waals surface area (Å²) in [5.41, 5.74) is 6.66. The summed E-state index contributed by atoms with van der Waals surface area (Å²) >= 11 is 0. The lowest BCUT2D eigenvalue weighted by atomic mass is 10.1. The topological polar surface area (TPSA) is 96.7 Å². The molecule has 0 atom stereocenters. The van der Waals surface area contributed by atoms with E-state index >= 15 is 0 Å². The second kappa shape index (κ2) is 3.66. The second-order valence-corrected chi connectivity index (χ2v) is 2.50. The molecule has 0 saturated carbocycles. The fraction of sp³-hybridized carbons (Fsp3) is 0.125. The van der Waals surface area contributed by atoms with Crippen molar-refractivity contribution in [3.63, 3.8) is 0 Å². The highest BCUT2D eigenvalue weighted by Crippen LogP contribution is 2.20. The average molecular weight is 180 g/mol. The number of hydrazone groups is 1. The lowest BCUT2D eigenvalue weighted by Crippen LogP contribution is -2.15. The lowest BCUT2D eigenvalue weighted by molar-refractivity contribution is 0.474. The molecule has 5 nitrogen and oxygen atoms in total. The maximum Gasteiger partial charge on any atom is 0.154 e. The number of nitrogens with zero attached hydrogens (tertiary/aromatic N) is 1. The summed E-state index contributed by atoms with van der Waals surface area (Å²) in [6.07, 6.45) is 0. The van der Waals surface area contributed by atoms with Gasteiger partial charge in [0.25, 0.3) is 0 Å². The van der Waals surface area contributed by atoms with Crippen LogP contribution in [-0.2, 0) is 0 Å². The number of hydrogen-bond acceptors (Lipinski definition) is 4. The fourth-order valence-corrected chi connectivity index (χ4v) is 0.973. The molecule has 0 fully saturated rings. The Hall–Kier alpha value is -1.91. The van der Waals surface area contributed by atoms with Crippen molar-refractivity contribution >= 4 is 11.5 Å². The molecule has 0 heterocycles. The van der Waals surface area contributed by atoms with Crippen molar-refractivity contribution in [1.29, 1.82) is 0 Å². The van der Waals surface area contributed by atoms with E-state index in [2.05, 4.69) is 10.4 Å². The zero-order valence-corrected chi connectivity index (χ0v) is 7.28. The Bertz CT molecular complexity index is 335. The Labute approximate surface area is 76.1 Å². The smallest absolute Gasteiger partial charge is 0.154 e. The number of hydrogen-bond donors (Lipinski definition) is 4. The molecule has 0 saturated heterocycles. The van der Waals surface area contributed by atoms with Crippen molar-refractivity contribution < 1.29 is 5.11 Å². The minimum atomic E-state index is 0.0542. The highest BCUT2D eigenvalue weighted by atomic mass is 16.3. The van der Waals surface area contributed by atoms with Crippen molar-refractivity contribution in [1.82, 2.24) is 0 Å². The molecule has 1 aromatic rings. The summed E-state index contributed by atoms with van der Waals surface area (Å²) in [4.78, 5) is 0. The van der Waals surface area contributed by atoms with Gasteiger partial charge in [0.1, 0.15) is 5.75 Å². The first-order chi connectivity index (χ1) is 6.19. The highest BCUT2D eigenvalue weighted by molar-refractivity contribution is 6.00. The van der Waals surface area contributed by atoms with E-state index < -0.39 is 0 Å². The summed E-state index contributed by atoms with van der Waals surface area (Å²) in [7, 11) is 1.76. The van der Waals surface area contributed by atoms with E-state index in [1.54, 1.807) is 25.2 Å². The van der Waals surface area contributed by atoms with Crippen LogP contribution in [0, 0.1) is 0 Å².